The van der Waals surface area contributed by atoms with Gasteiger partial charge in [0.25, 0.3) is 5.91 Å². The summed E-state index contributed by atoms with van der Waals surface area (Å²) in [5.74, 6) is -1.81. The van der Waals surface area contributed by atoms with E-state index in [2.05, 4.69) is 10.3 Å². The van der Waals surface area contributed by atoms with Crippen molar-refractivity contribution in [1.29, 1.82) is 0 Å². The smallest absolute Gasteiger partial charge is 0.419 e. The van der Waals surface area contributed by atoms with E-state index in [1.54, 1.807) is 0 Å². The van der Waals surface area contributed by atoms with Crippen LogP contribution in [0.5, 0.6) is 5.88 Å². The topological polar surface area (TPSA) is 85.4 Å². The molecule has 0 atom stereocenters. The van der Waals surface area contributed by atoms with Gasteiger partial charge in [-0.25, -0.2) is 17.8 Å². The van der Waals surface area contributed by atoms with Gasteiger partial charge in [-0.2, -0.15) is 13.2 Å². The molecule has 6 nitrogen and oxygen atoms in total. The van der Waals surface area contributed by atoms with Gasteiger partial charge in [0, 0.05) is 17.7 Å². The summed E-state index contributed by atoms with van der Waals surface area (Å²) < 4.78 is 83.0. The van der Waals surface area contributed by atoms with Gasteiger partial charge in [-0.05, 0) is 49.9 Å². The van der Waals surface area contributed by atoms with Crippen LogP contribution in [0.3, 0.4) is 0 Å². The van der Waals surface area contributed by atoms with Crippen LogP contribution in [0.25, 0.3) is 0 Å². The highest BCUT2D eigenvalue weighted by atomic mass is 35.5. The molecule has 174 valence electrons. The Bertz CT molecular complexity index is 1120. The molecule has 0 aliphatic heterocycles. The molecule has 2 aromatic rings. The highest BCUT2D eigenvalue weighted by Crippen LogP contribution is 2.35. The van der Waals surface area contributed by atoms with Crippen molar-refractivity contribution in [3.63, 3.8) is 0 Å². The van der Waals surface area contributed by atoms with Crippen molar-refractivity contribution >= 4 is 27.3 Å². The van der Waals surface area contributed by atoms with Gasteiger partial charge in [-0.1, -0.05) is 11.6 Å². The standard InChI is InChI=1S/C20H19ClF4N2O4S/c1-31-18-9-11(8-17(21)27-18)19(28)26-12-2-4-13(5-3-12)32(29,30)14-6-7-16(22)15(10-14)20(23,24)25/h6-10,12-13H,2-5H2,1H3,(H,26,28). The fourth-order valence-electron chi connectivity index (χ4n) is 3.59. The van der Waals surface area contributed by atoms with E-state index in [-0.39, 0.29) is 35.5 Å². The Morgan fingerprint density at radius 3 is 2.41 bits per heavy atom. The largest absolute Gasteiger partial charge is 0.481 e. The molecule has 1 amide bonds. The number of halogens is 5. The van der Waals surface area contributed by atoms with Crippen molar-refractivity contribution in [1.82, 2.24) is 10.3 Å². The first-order valence-corrected chi connectivity index (χ1v) is 11.5. The predicted molar refractivity (Wildman–Crippen MR) is 108 cm³/mol. The Balaban J connectivity index is 1.68. The van der Waals surface area contributed by atoms with E-state index in [9.17, 15) is 30.8 Å². The molecule has 1 aromatic carbocycles. The molecule has 0 saturated heterocycles. The Hall–Kier alpha value is -2.40. The molecule has 3 rings (SSSR count). The summed E-state index contributed by atoms with van der Waals surface area (Å²) in [7, 11) is -2.73. The molecule has 32 heavy (non-hydrogen) atoms. The van der Waals surface area contributed by atoms with Gasteiger partial charge in [-0.3, -0.25) is 4.79 Å². The third-order valence-electron chi connectivity index (χ3n) is 5.26. The molecule has 0 unspecified atom stereocenters. The van der Waals surface area contributed by atoms with Gasteiger partial charge in [0.2, 0.25) is 5.88 Å². The number of carbonyl (C=O) groups is 1. The molecule has 1 aromatic heterocycles. The molecule has 1 saturated carbocycles. The van der Waals surface area contributed by atoms with Gasteiger partial charge in [0.15, 0.2) is 9.84 Å². The summed E-state index contributed by atoms with van der Waals surface area (Å²) in [5, 5.41) is 1.93. The molecule has 1 aliphatic rings. The highest BCUT2D eigenvalue weighted by molar-refractivity contribution is 7.92. The molecule has 1 aliphatic carbocycles. The number of alkyl halides is 3. The van der Waals surface area contributed by atoms with Crippen LogP contribution in [0, 0.1) is 5.82 Å². The minimum Gasteiger partial charge on any atom is -0.481 e. The third-order valence-corrected chi connectivity index (χ3v) is 7.72. The summed E-state index contributed by atoms with van der Waals surface area (Å²) in [6, 6.07) is 4.13. The zero-order valence-electron chi connectivity index (χ0n) is 16.7. The molecular weight excluding hydrogens is 476 g/mol. The Morgan fingerprint density at radius 1 is 1.16 bits per heavy atom. The summed E-state index contributed by atoms with van der Waals surface area (Å²) in [6.07, 6.45) is -4.13. The maximum absolute atomic E-state index is 13.5. The molecule has 0 bridgehead atoms. The third kappa shape index (κ3) is 5.32. The number of nitrogens with zero attached hydrogens (tertiary/aromatic N) is 1. The predicted octanol–water partition coefficient (Wildman–Crippen LogP) is 4.42. The number of carbonyl (C=O) groups excluding carboxylic acids is 1. The maximum Gasteiger partial charge on any atom is 0.419 e. The second-order valence-corrected chi connectivity index (χ2v) is 9.97. The second kappa shape index (κ2) is 9.22. The lowest BCUT2D eigenvalue weighted by Crippen LogP contribution is -2.40. The lowest BCUT2D eigenvalue weighted by atomic mass is 9.95. The zero-order valence-corrected chi connectivity index (χ0v) is 18.3. The van der Waals surface area contributed by atoms with Crippen molar-refractivity contribution in [3.8, 4) is 5.88 Å². The van der Waals surface area contributed by atoms with E-state index in [0.717, 1.165) is 6.07 Å². The second-order valence-electron chi connectivity index (χ2n) is 7.35. The number of hydrogen-bond acceptors (Lipinski definition) is 5. The van der Waals surface area contributed by atoms with Crippen LogP contribution in [0.4, 0.5) is 17.6 Å². The number of aromatic nitrogens is 1. The van der Waals surface area contributed by atoms with Crippen LogP contribution in [0.2, 0.25) is 5.15 Å². The van der Waals surface area contributed by atoms with Crippen molar-refractivity contribution in [2.24, 2.45) is 0 Å². The fourth-order valence-corrected chi connectivity index (χ4v) is 5.60. The first kappa shape index (κ1) is 24.2. The van der Waals surface area contributed by atoms with E-state index in [4.69, 9.17) is 16.3 Å². The van der Waals surface area contributed by atoms with E-state index < -0.39 is 43.4 Å². The van der Waals surface area contributed by atoms with E-state index in [1.165, 1.54) is 19.2 Å². The van der Waals surface area contributed by atoms with Crippen LogP contribution in [0.1, 0.15) is 41.6 Å². The fraction of sp³-hybridized carbons (Fsp3) is 0.400. The summed E-state index contributed by atoms with van der Waals surface area (Å²) in [4.78, 5) is 15.8. The zero-order chi connectivity index (χ0) is 23.7. The monoisotopic (exact) mass is 494 g/mol. The molecule has 0 spiro atoms. The van der Waals surface area contributed by atoms with Gasteiger partial charge < -0.3 is 10.1 Å². The quantitative estimate of drug-likeness (QED) is 0.378. The van der Waals surface area contributed by atoms with Crippen molar-refractivity contribution in [2.75, 3.05) is 7.11 Å². The molecule has 1 heterocycles. The first-order chi connectivity index (χ1) is 14.9. The average molecular weight is 495 g/mol. The van der Waals surface area contributed by atoms with Gasteiger partial charge in [0.1, 0.15) is 11.0 Å². The van der Waals surface area contributed by atoms with Crippen LogP contribution in [0.15, 0.2) is 35.2 Å². The lowest BCUT2D eigenvalue weighted by Gasteiger charge is -2.29. The van der Waals surface area contributed by atoms with E-state index in [0.29, 0.717) is 25.0 Å². The minimum atomic E-state index is -5.00. The van der Waals surface area contributed by atoms with Crippen LogP contribution >= 0.6 is 11.6 Å². The molecular formula is C20H19ClF4N2O4S. The Morgan fingerprint density at radius 2 is 1.81 bits per heavy atom. The van der Waals surface area contributed by atoms with Gasteiger partial charge in [-0.15, -0.1) is 0 Å². The van der Waals surface area contributed by atoms with E-state index >= 15 is 0 Å². The molecule has 1 fully saturated rings. The van der Waals surface area contributed by atoms with Crippen LogP contribution in [-0.2, 0) is 16.0 Å². The number of pyridine rings is 1. The van der Waals surface area contributed by atoms with Crippen LogP contribution < -0.4 is 10.1 Å². The summed E-state index contributed by atoms with van der Waals surface area (Å²) in [5.41, 5.74) is -1.39. The molecule has 0 radical (unpaired) electrons. The van der Waals surface area contributed by atoms with Crippen LogP contribution in [-0.4, -0.2) is 37.7 Å². The van der Waals surface area contributed by atoms with Gasteiger partial charge >= 0.3 is 6.18 Å². The van der Waals surface area contributed by atoms with Crippen molar-refractivity contribution in [3.05, 3.63) is 52.4 Å². The van der Waals surface area contributed by atoms with Gasteiger partial charge in [0.05, 0.1) is 22.8 Å². The normalized spacial score (nSPS) is 19.4. The summed E-state index contributed by atoms with van der Waals surface area (Å²) >= 11 is 5.86. The number of ether oxygens (including phenoxy) is 1. The first-order valence-electron chi connectivity index (χ1n) is 9.55. The number of nitrogens with one attached hydrogen (secondary N) is 1. The lowest BCUT2D eigenvalue weighted by molar-refractivity contribution is -0.140. The SMILES string of the molecule is COc1cc(C(=O)NC2CCC(S(=O)(=O)c3ccc(F)c(C(F)(F)F)c3)CC2)cc(Cl)n1. The average Bonchev–Trinajstić information content (AvgIpc) is 2.73. The number of hydrogen-bond donors (Lipinski definition) is 1. The summed E-state index contributed by atoms with van der Waals surface area (Å²) in [6.45, 7) is 0. The van der Waals surface area contributed by atoms with Crippen molar-refractivity contribution in [2.45, 2.75) is 48.0 Å². The van der Waals surface area contributed by atoms with E-state index in [1.807, 2.05) is 0 Å². The Kier molecular flexibility index (Phi) is 6.99. The maximum atomic E-state index is 13.5. The Labute approximate surface area is 186 Å². The number of sulfone groups is 1. The minimum absolute atomic E-state index is 0.0711. The number of amides is 1. The van der Waals surface area contributed by atoms with Crippen molar-refractivity contribution < 1.29 is 35.5 Å². The number of benzene rings is 1. The number of methoxy groups -OCH3 is 1. The molecule has 12 heteroatoms. The highest BCUT2D eigenvalue weighted by Gasteiger charge is 2.38. The number of rotatable bonds is 5. The molecule has 1 N–H and O–H groups in total.